The zero-order chi connectivity index (χ0) is 8.10. The Labute approximate surface area is 72.4 Å². The minimum absolute atomic E-state index is 0.596. The summed E-state index contributed by atoms with van der Waals surface area (Å²) in [6, 6.07) is 0.596. The van der Waals surface area contributed by atoms with Crippen LogP contribution in [0.15, 0.2) is 0 Å². The monoisotopic (exact) mass is 176 g/mol. The zero-order valence-corrected chi connectivity index (χ0v) is 7.99. The van der Waals surface area contributed by atoms with Gasteiger partial charge in [0.2, 0.25) is 0 Å². The van der Waals surface area contributed by atoms with Gasteiger partial charge in [-0.3, -0.25) is 0 Å². The third-order valence-electron chi connectivity index (χ3n) is 1.79. The van der Waals surface area contributed by atoms with Crippen molar-refractivity contribution in [3.63, 3.8) is 0 Å². The molecule has 0 bridgehead atoms. The van der Waals surface area contributed by atoms with Crippen LogP contribution in [0.5, 0.6) is 0 Å². The van der Waals surface area contributed by atoms with Gasteiger partial charge in [-0.2, -0.15) is 16.8 Å². The van der Waals surface area contributed by atoms with Gasteiger partial charge >= 0.3 is 0 Å². The molecule has 3 nitrogen and oxygen atoms in total. The summed E-state index contributed by atoms with van der Waals surface area (Å²) >= 11 is 2.01. The van der Waals surface area contributed by atoms with Gasteiger partial charge in [0, 0.05) is 37.7 Å². The van der Waals surface area contributed by atoms with E-state index in [0.717, 1.165) is 13.1 Å². The van der Waals surface area contributed by atoms with Crippen molar-refractivity contribution in [2.75, 3.05) is 38.8 Å². The van der Waals surface area contributed by atoms with Crippen LogP contribution in [-0.2, 0) is 4.84 Å². The van der Waals surface area contributed by atoms with Crippen LogP contribution in [0.3, 0.4) is 0 Å². The molecule has 4 heteroatoms. The van der Waals surface area contributed by atoms with Crippen molar-refractivity contribution in [3.8, 4) is 0 Å². The highest BCUT2D eigenvalue weighted by atomic mass is 32.2. The second-order valence-corrected chi connectivity index (χ2v) is 3.87. The van der Waals surface area contributed by atoms with E-state index in [9.17, 15) is 0 Å². The van der Waals surface area contributed by atoms with Gasteiger partial charge in [0.15, 0.2) is 0 Å². The Hall–Kier alpha value is 0.230. The van der Waals surface area contributed by atoms with E-state index in [0.29, 0.717) is 6.04 Å². The summed E-state index contributed by atoms with van der Waals surface area (Å²) in [6.45, 7) is 2.11. The summed E-state index contributed by atoms with van der Waals surface area (Å²) in [7, 11) is 3.66. The molecule has 1 heterocycles. The number of nitrogens with zero attached hydrogens (tertiary/aromatic N) is 1. The van der Waals surface area contributed by atoms with Gasteiger partial charge in [-0.1, -0.05) is 0 Å². The molecule has 0 aliphatic carbocycles. The molecule has 66 valence electrons. The lowest BCUT2D eigenvalue weighted by molar-refractivity contribution is -0.112. The van der Waals surface area contributed by atoms with Crippen LogP contribution in [0.1, 0.15) is 0 Å². The molecular weight excluding hydrogens is 160 g/mol. The summed E-state index contributed by atoms with van der Waals surface area (Å²) < 4.78 is 0. The number of hydrogen-bond acceptors (Lipinski definition) is 4. The van der Waals surface area contributed by atoms with Gasteiger partial charge in [0.1, 0.15) is 0 Å². The topological polar surface area (TPSA) is 24.5 Å². The van der Waals surface area contributed by atoms with E-state index in [1.54, 1.807) is 7.11 Å². The van der Waals surface area contributed by atoms with Crippen molar-refractivity contribution >= 4 is 11.8 Å². The molecule has 1 rings (SSSR count). The van der Waals surface area contributed by atoms with Gasteiger partial charge in [0.05, 0.1) is 7.11 Å². The number of thioether (sulfide) groups is 1. The highest BCUT2D eigenvalue weighted by molar-refractivity contribution is 7.99. The van der Waals surface area contributed by atoms with Crippen LogP contribution in [0, 0.1) is 0 Å². The Morgan fingerprint density at radius 1 is 1.73 bits per heavy atom. The molecule has 1 N–H and O–H groups in total. The molecule has 11 heavy (non-hydrogen) atoms. The number of hydrogen-bond donors (Lipinski definition) is 1. The SMILES string of the molecule is CON(C)CC1CSCCN1. The maximum atomic E-state index is 5.04. The first kappa shape index (κ1) is 9.32. The molecule has 1 atom stereocenters. The molecule has 0 radical (unpaired) electrons. The first-order valence-corrected chi connectivity index (χ1v) is 5.05. The predicted molar refractivity (Wildman–Crippen MR) is 48.8 cm³/mol. The molecule has 0 aromatic rings. The third kappa shape index (κ3) is 3.42. The second-order valence-electron chi connectivity index (χ2n) is 2.72. The highest BCUT2D eigenvalue weighted by Crippen LogP contribution is 2.07. The smallest absolute Gasteiger partial charge is 0.0575 e. The van der Waals surface area contributed by atoms with Gasteiger partial charge in [-0.15, -0.1) is 0 Å². The van der Waals surface area contributed by atoms with E-state index in [-0.39, 0.29) is 0 Å². The number of nitrogens with one attached hydrogen (secondary N) is 1. The maximum absolute atomic E-state index is 5.04. The molecule has 1 unspecified atom stereocenters. The van der Waals surface area contributed by atoms with Gasteiger partial charge in [-0.05, 0) is 0 Å². The average Bonchev–Trinajstić information content (AvgIpc) is 2.06. The first-order chi connectivity index (χ1) is 5.33. The van der Waals surface area contributed by atoms with Gasteiger partial charge < -0.3 is 10.2 Å². The molecule has 1 saturated heterocycles. The Bertz CT molecular complexity index is 107. The molecule has 0 aromatic heterocycles. The fourth-order valence-electron chi connectivity index (χ4n) is 1.12. The molecule has 0 saturated carbocycles. The Kier molecular flexibility index (Phi) is 4.22. The van der Waals surface area contributed by atoms with Crippen LogP contribution in [-0.4, -0.2) is 49.9 Å². The minimum atomic E-state index is 0.596. The first-order valence-electron chi connectivity index (χ1n) is 3.89. The van der Waals surface area contributed by atoms with Gasteiger partial charge in [0.25, 0.3) is 0 Å². The van der Waals surface area contributed by atoms with E-state index in [2.05, 4.69) is 5.32 Å². The standard InChI is InChI=1S/C7H16N2OS/c1-9(10-2)5-7-6-11-4-3-8-7/h7-8H,3-6H2,1-2H3. The van der Waals surface area contributed by atoms with Crippen molar-refractivity contribution < 1.29 is 4.84 Å². The van der Waals surface area contributed by atoms with Crippen molar-refractivity contribution in [3.05, 3.63) is 0 Å². The average molecular weight is 176 g/mol. The molecule has 1 aliphatic rings. The summed E-state index contributed by atoms with van der Waals surface area (Å²) in [5.74, 6) is 2.45. The lowest BCUT2D eigenvalue weighted by Gasteiger charge is -2.26. The second kappa shape index (κ2) is 4.98. The Morgan fingerprint density at radius 3 is 3.09 bits per heavy atom. The zero-order valence-electron chi connectivity index (χ0n) is 7.17. The van der Waals surface area contributed by atoms with E-state index in [4.69, 9.17) is 4.84 Å². The van der Waals surface area contributed by atoms with E-state index < -0.39 is 0 Å². The molecule has 0 aromatic carbocycles. The lowest BCUT2D eigenvalue weighted by atomic mass is 10.3. The van der Waals surface area contributed by atoms with Gasteiger partial charge in [-0.25, -0.2) is 0 Å². The molecule has 0 spiro atoms. The van der Waals surface area contributed by atoms with E-state index in [1.165, 1.54) is 11.5 Å². The largest absolute Gasteiger partial charge is 0.311 e. The number of rotatable bonds is 3. The lowest BCUT2D eigenvalue weighted by Crippen LogP contribution is -2.44. The highest BCUT2D eigenvalue weighted by Gasteiger charge is 2.14. The van der Waals surface area contributed by atoms with Crippen molar-refractivity contribution in [2.45, 2.75) is 6.04 Å². The van der Waals surface area contributed by atoms with Crippen LogP contribution in [0.2, 0.25) is 0 Å². The fourth-order valence-corrected chi connectivity index (χ4v) is 2.06. The summed E-state index contributed by atoms with van der Waals surface area (Å²) in [6.07, 6.45) is 0. The summed E-state index contributed by atoms with van der Waals surface area (Å²) in [5.41, 5.74) is 0. The Balaban J connectivity index is 2.13. The van der Waals surface area contributed by atoms with E-state index >= 15 is 0 Å². The van der Waals surface area contributed by atoms with E-state index in [1.807, 2.05) is 23.9 Å². The van der Waals surface area contributed by atoms with Crippen LogP contribution in [0.4, 0.5) is 0 Å². The van der Waals surface area contributed by atoms with Crippen LogP contribution < -0.4 is 5.32 Å². The molecular formula is C7H16N2OS. The summed E-state index contributed by atoms with van der Waals surface area (Å²) in [5, 5.41) is 5.31. The Morgan fingerprint density at radius 2 is 2.55 bits per heavy atom. The maximum Gasteiger partial charge on any atom is 0.0575 e. The third-order valence-corrected chi connectivity index (χ3v) is 2.92. The molecule has 0 amide bonds. The fraction of sp³-hybridized carbons (Fsp3) is 1.00. The van der Waals surface area contributed by atoms with Crippen molar-refractivity contribution in [2.24, 2.45) is 0 Å². The summed E-state index contributed by atoms with van der Waals surface area (Å²) in [4.78, 5) is 5.04. The molecule has 1 aliphatic heterocycles. The van der Waals surface area contributed by atoms with Crippen molar-refractivity contribution in [1.29, 1.82) is 0 Å². The quantitative estimate of drug-likeness (QED) is 0.620. The number of likely N-dealkylation sites (N-methyl/N-ethyl adjacent to an activating group) is 1. The predicted octanol–water partition coefficient (Wildman–Crippen LogP) is 0.185. The molecule has 1 fully saturated rings. The van der Waals surface area contributed by atoms with Crippen LogP contribution >= 0.6 is 11.8 Å². The van der Waals surface area contributed by atoms with Crippen LogP contribution in [0.25, 0.3) is 0 Å². The van der Waals surface area contributed by atoms with Crippen molar-refractivity contribution in [1.82, 2.24) is 10.4 Å². The minimum Gasteiger partial charge on any atom is -0.311 e. The normalized spacial score (nSPS) is 25.9. The number of hydroxylamine groups is 2.